The van der Waals surface area contributed by atoms with Crippen molar-refractivity contribution in [3.63, 3.8) is 0 Å². The van der Waals surface area contributed by atoms with Crippen LogP contribution in [0.5, 0.6) is 11.5 Å². The Morgan fingerprint density at radius 1 is 1.05 bits per heavy atom. The van der Waals surface area contributed by atoms with Gasteiger partial charge in [-0.15, -0.1) is 0 Å². The predicted octanol–water partition coefficient (Wildman–Crippen LogP) is 3.22. The number of aryl methyl sites for hydroxylation is 1. The molecule has 0 radical (unpaired) electrons. The summed E-state index contributed by atoms with van der Waals surface area (Å²) in [6, 6.07) is 11.3. The first kappa shape index (κ1) is 15.6. The lowest BCUT2D eigenvalue weighted by Crippen LogP contribution is -2.29. The van der Waals surface area contributed by atoms with Crippen LogP contribution in [0.3, 0.4) is 0 Å². The molecule has 2 aromatic carbocycles. The van der Waals surface area contributed by atoms with Gasteiger partial charge < -0.3 is 9.47 Å². The fourth-order valence-corrected chi connectivity index (χ4v) is 2.50. The summed E-state index contributed by atoms with van der Waals surface area (Å²) in [6.07, 6.45) is 0. The molecular formula is C16H19ClN2O2. The standard InChI is InChI=1S/C16H19ClN2O2/c1-10-4-7-14(20-2)12(8-10)16(19-18)11-5-6-13(17)15(9-11)21-3/h4-9,16,19H,18H2,1-3H3. The largest absolute Gasteiger partial charge is 0.496 e. The van der Waals surface area contributed by atoms with Crippen LogP contribution in [0.2, 0.25) is 5.02 Å². The van der Waals surface area contributed by atoms with Gasteiger partial charge in [0.1, 0.15) is 11.5 Å². The van der Waals surface area contributed by atoms with E-state index in [9.17, 15) is 0 Å². The van der Waals surface area contributed by atoms with Crippen molar-refractivity contribution in [3.8, 4) is 11.5 Å². The number of halogens is 1. The highest BCUT2D eigenvalue weighted by molar-refractivity contribution is 6.32. The Kier molecular flexibility index (Phi) is 5.07. The van der Waals surface area contributed by atoms with Crippen LogP contribution in [0.15, 0.2) is 36.4 Å². The number of hydrogen-bond donors (Lipinski definition) is 2. The highest BCUT2D eigenvalue weighted by Gasteiger charge is 2.18. The van der Waals surface area contributed by atoms with Crippen molar-refractivity contribution in [1.29, 1.82) is 0 Å². The maximum Gasteiger partial charge on any atom is 0.137 e. The molecule has 0 aliphatic carbocycles. The molecule has 1 unspecified atom stereocenters. The summed E-state index contributed by atoms with van der Waals surface area (Å²) in [5.41, 5.74) is 5.87. The lowest BCUT2D eigenvalue weighted by molar-refractivity contribution is 0.403. The second kappa shape index (κ2) is 6.80. The molecule has 3 N–H and O–H groups in total. The fraction of sp³-hybridized carbons (Fsp3) is 0.250. The molecule has 0 aliphatic rings. The van der Waals surface area contributed by atoms with Crippen molar-refractivity contribution in [3.05, 3.63) is 58.1 Å². The molecule has 4 nitrogen and oxygen atoms in total. The summed E-state index contributed by atoms with van der Waals surface area (Å²) in [5, 5.41) is 0.563. The van der Waals surface area contributed by atoms with Crippen LogP contribution in [-0.4, -0.2) is 14.2 Å². The zero-order valence-electron chi connectivity index (χ0n) is 12.3. The minimum Gasteiger partial charge on any atom is -0.496 e. The average Bonchev–Trinajstić information content (AvgIpc) is 2.50. The first-order valence-electron chi connectivity index (χ1n) is 6.54. The highest BCUT2D eigenvalue weighted by Crippen LogP contribution is 2.34. The smallest absolute Gasteiger partial charge is 0.137 e. The Labute approximate surface area is 129 Å². The summed E-state index contributed by atoms with van der Waals surface area (Å²) in [6.45, 7) is 2.03. The van der Waals surface area contributed by atoms with E-state index < -0.39 is 0 Å². The van der Waals surface area contributed by atoms with Gasteiger partial charge in [0.25, 0.3) is 0 Å². The van der Waals surface area contributed by atoms with E-state index in [4.69, 9.17) is 26.9 Å². The number of benzene rings is 2. The van der Waals surface area contributed by atoms with Gasteiger partial charge in [-0.3, -0.25) is 5.84 Å². The van der Waals surface area contributed by atoms with Crippen molar-refractivity contribution in [2.24, 2.45) is 5.84 Å². The van der Waals surface area contributed by atoms with Crippen LogP contribution in [0.1, 0.15) is 22.7 Å². The molecule has 0 spiro atoms. The van der Waals surface area contributed by atoms with E-state index in [0.717, 1.165) is 22.4 Å². The van der Waals surface area contributed by atoms with E-state index in [-0.39, 0.29) is 6.04 Å². The van der Waals surface area contributed by atoms with Crippen LogP contribution in [0.25, 0.3) is 0 Å². The first-order chi connectivity index (χ1) is 10.1. The van der Waals surface area contributed by atoms with E-state index in [1.165, 1.54) is 0 Å². The van der Waals surface area contributed by atoms with Crippen LogP contribution >= 0.6 is 11.6 Å². The molecule has 112 valence electrons. The molecule has 2 rings (SSSR count). The third-order valence-corrected chi connectivity index (χ3v) is 3.68. The number of hydrazine groups is 1. The number of methoxy groups -OCH3 is 2. The topological polar surface area (TPSA) is 56.5 Å². The summed E-state index contributed by atoms with van der Waals surface area (Å²) in [5.74, 6) is 7.15. The molecule has 0 saturated heterocycles. The number of hydrogen-bond acceptors (Lipinski definition) is 4. The van der Waals surface area contributed by atoms with Crippen molar-refractivity contribution >= 4 is 11.6 Å². The summed E-state index contributed by atoms with van der Waals surface area (Å²) in [7, 11) is 3.23. The summed E-state index contributed by atoms with van der Waals surface area (Å²) < 4.78 is 10.7. The second-order valence-electron chi connectivity index (χ2n) is 4.74. The third kappa shape index (κ3) is 3.29. The van der Waals surface area contributed by atoms with Crippen molar-refractivity contribution in [2.45, 2.75) is 13.0 Å². The zero-order valence-corrected chi connectivity index (χ0v) is 13.1. The van der Waals surface area contributed by atoms with E-state index in [2.05, 4.69) is 5.43 Å². The van der Waals surface area contributed by atoms with Crippen molar-refractivity contribution in [1.82, 2.24) is 5.43 Å². The molecule has 0 amide bonds. The quantitative estimate of drug-likeness (QED) is 0.658. The number of ether oxygens (including phenoxy) is 2. The molecule has 1 atom stereocenters. The SMILES string of the molecule is COc1cc(C(NN)c2cc(C)ccc2OC)ccc1Cl. The Morgan fingerprint density at radius 2 is 1.76 bits per heavy atom. The van der Waals surface area contributed by atoms with Gasteiger partial charge in [0, 0.05) is 5.56 Å². The van der Waals surface area contributed by atoms with E-state index in [0.29, 0.717) is 10.8 Å². The van der Waals surface area contributed by atoms with Gasteiger partial charge in [-0.05, 0) is 30.7 Å². The maximum atomic E-state index is 6.07. The number of nitrogens with two attached hydrogens (primary N) is 1. The van der Waals surface area contributed by atoms with Gasteiger partial charge in [0.15, 0.2) is 0 Å². The molecule has 0 aromatic heterocycles. The molecule has 2 aromatic rings. The van der Waals surface area contributed by atoms with Crippen LogP contribution in [0.4, 0.5) is 0 Å². The van der Waals surface area contributed by atoms with E-state index >= 15 is 0 Å². The number of rotatable bonds is 5. The van der Waals surface area contributed by atoms with Gasteiger partial charge >= 0.3 is 0 Å². The molecule has 0 bridgehead atoms. The average molecular weight is 307 g/mol. The molecular weight excluding hydrogens is 288 g/mol. The van der Waals surface area contributed by atoms with E-state index in [1.54, 1.807) is 20.3 Å². The lowest BCUT2D eigenvalue weighted by atomic mass is 9.96. The van der Waals surface area contributed by atoms with Gasteiger partial charge in [0.2, 0.25) is 0 Å². The Balaban J connectivity index is 2.51. The first-order valence-corrected chi connectivity index (χ1v) is 6.92. The fourth-order valence-electron chi connectivity index (χ4n) is 2.30. The third-order valence-electron chi connectivity index (χ3n) is 3.37. The predicted molar refractivity (Wildman–Crippen MR) is 84.9 cm³/mol. The molecule has 5 heteroatoms. The molecule has 0 aliphatic heterocycles. The zero-order chi connectivity index (χ0) is 15.4. The number of nitrogens with one attached hydrogen (secondary N) is 1. The summed E-state index contributed by atoms with van der Waals surface area (Å²) >= 11 is 6.07. The molecule has 0 saturated carbocycles. The van der Waals surface area contributed by atoms with Gasteiger partial charge in [-0.1, -0.05) is 35.4 Å². The van der Waals surface area contributed by atoms with Gasteiger partial charge in [-0.25, -0.2) is 5.43 Å². The second-order valence-corrected chi connectivity index (χ2v) is 5.15. The normalized spacial score (nSPS) is 12.0. The van der Waals surface area contributed by atoms with E-state index in [1.807, 2.05) is 37.3 Å². The van der Waals surface area contributed by atoms with Crippen molar-refractivity contribution in [2.75, 3.05) is 14.2 Å². The minimum absolute atomic E-state index is 0.217. The monoisotopic (exact) mass is 306 g/mol. The lowest BCUT2D eigenvalue weighted by Gasteiger charge is -2.21. The molecule has 21 heavy (non-hydrogen) atoms. The molecule has 0 fully saturated rings. The van der Waals surface area contributed by atoms with Crippen LogP contribution in [0, 0.1) is 6.92 Å². The highest BCUT2D eigenvalue weighted by atomic mass is 35.5. The summed E-state index contributed by atoms with van der Waals surface area (Å²) in [4.78, 5) is 0. The van der Waals surface area contributed by atoms with Crippen molar-refractivity contribution < 1.29 is 9.47 Å². The Morgan fingerprint density at radius 3 is 2.38 bits per heavy atom. The minimum atomic E-state index is -0.217. The molecule has 0 heterocycles. The Bertz CT molecular complexity index is 632. The maximum absolute atomic E-state index is 6.07. The van der Waals surface area contributed by atoms with Crippen LogP contribution in [-0.2, 0) is 0 Å². The van der Waals surface area contributed by atoms with Crippen LogP contribution < -0.4 is 20.7 Å². The van der Waals surface area contributed by atoms with Gasteiger partial charge in [-0.2, -0.15) is 0 Å². The van der Waals surface area contributed by atoms with Gasteiger partial charge in [0.05, 0.1) is 25.3 Å². The Hall–Kier alpha value is -1.75.